The second-order valence-corrected chi connectivity index (χ2v) is 10.1. The van der Waals surface area contributed by atoms with Crippen LogP contribution >= 0.6 is 0 Å². The molecule has 1 aliphatic heterocycles. The number of rotatable bonds is 8. The average molecular weight is 437 g/mol. The lowest BCUT2D eigenvalue weighted by atomic mass is 9.92. The number of hydrogen-bond acceptors (Lipinski definition) is 7. The predicted octanol–water partition coefficient (Wildman–Crippen LogP) is 2.90. The van der Waals surface area contributed by atoms with Crippen LogP contribution in [-0.2, 0) is 24.1 Å². The van der Waals surface area contributed by atoms with Gasteiger partial charge >= 0.3 is 5.97 Å². The zero-order valence-corrected chi connectivity index (χ0v) is 18.2. The molecule has 0 radical (unpaired) electrons. The van der Waals surface area contributed by atoms with E-state index < -0.39 is 15.9 Å². The number of sulfone groups is 1. The normalized spacial score (nSPS) is 19.0. The van der Waals surface area contributed by atoms with Crippen molar-refractivity contribution in [2.24, 2.45) is 5.92 Å². The number of fused-ring (bicyclic) bond motifs is 1. The highest BCUT2D eigenvalue weighted by molar-refractivity contribution is 7.92. The number of nitrogens with zero attached hydrogens (tertiary/aromatic N) is 2. The Hall–Kier alpha value is -2.13. The molecule has 0 spiro atoms. The molecule has 2 aliphatic rings. The SMILES string of the molecule is CCOC(=O)C(CC1CCOCC1)n1ncc2c(S(=O)(=O)C3CC3)c(OC)ccc21. The Morgan fingerprint density at radius 1 is 1.27 bits per heavy atom. The summed E-state index contributed by atoms with van der Waals surface area (Å²) in [6.45, 7) is 3.41. The minimum absolute atomic E-state index is 0.171. The lowest BCUT2D eigenvalue weighted by Crippen LogP contribution is -2.27. The van der Waals surface area contributed by atoms with Crippen LogP contribution in [0.5, 0.6) is 5.75 Å². The van der Waals surface area contributed by atoms with E-state index in [1.165, 1.54) is 13.3 Å². The fraction of sp³-hybridized carbons (Fsp3) is 0.619. The minimum Gasteiger partial charge on any atom is -0.495 e. The lowest BCUT2D eigenvalue weighted by Gasteiger charge is -2.26. The molecule has 1 unspecified atom stereocenters. The van der Waals surface area contributed by atoms with E-state index in [9.17, 15) is 13.2 Å². The zero-order chi connectivity index (χ0) is 21.3. The van der Waals surface area contributed by atoms with E-state index in [1.54, 1.807) is 23.7 Å². The van der Waals surface area contributed by atoms with E-state index in [2.05, 4.69) is 5.10 Å². The number of benzene rings is 1. The summed E-state index contributed by atoms with van der Waals surface area (Å²) in [7, 11) is -2.05. The van der Waals surface area contributed by atoms with Gasteiger partial charge in [0.1, 0.15) is 16.7 Å². The minimum atomic E-state index is -3.52. The van der Waals surface area contributed by atoms with Gasteiger partial charge in [0.05, 0.1) is 30.7 Å². The number of carbonyl (C=O) groups is 1. The van der Waals surface area contributed by atoms with Gasteiger partial charge < -0.3 is 14.2 Å². The van der Waals surface area contributed by atoms with Gasteiger partial charge in [-0.25, -0.2) is 13.2 Å². The summed E-state index contributed by atoms with van der Waals surface area (Å²) in [6, 6.07) is 2.80. The molecule has 2 fully saturated rings. The van der Waals surface area contributed by atoms with Gasteiger partial charge in [-0.05, 0) is 57.1 Å². The van der Waals surface area contributed by atoms with Crippen LogP contribution < -0.4 is 4.74 Å². The number of hydrogen-bond donors (Lipinski definition) is 0. The first-order valence-corrected chi connectivity index (χ1v) is 12.0. The van der Waals surface area contributed by atoms with Gasteiger partial charge in [-0.3, -0.25) is 4.68 Å². The number of ether oxygens (including phenoxy) is 3. The summed E-state index contributed by atoms with van der Waals surface area (Å²) >= 11 is 0. The molecule has 1 aromatic carbocycles. The highest BCUT2D eigenvalue weighted by atomic mass is 32.2. The van der Waals surface area contributed by atoms with Crippen LogP contribution in [0.15, 0.2) is 23.2 Å². The van der Waals surface area contributed by atoms with E-state index in [4.69, 9.17) is 14.2 Å². The molecule has 0 bridgehead atoms. The van der Waals surface area contributed by atoms with Gasteiger partial charge in [0, 0.05) is 18.6 Å². The molecule has 0 N–H and O–H groups in total. The maximum Gasteiger partial charge on any atom is 0.330 e. The highest BCUT2D eigenvalue weighted by Crippen LogP contribution is 2.41. The third kappa shape index (κ3) is 3.92. The summed E-state index contributed by atoms with van der Waals surface area (Å²) in [5.41, 5.74) is 0.597. The average Bonchev–Trinajstić information content (AvgIpc) is 3.53. The van der Waals surface area contributed by atoms with Gasteiger partial charge in [0.2, 0.25) is 0 Å². The van der Waals surface area contributed by atoms with Crippen molar-refractivity contribution in [1.29, 1.82) is 0 Å². The van der Waals surface area contributed by atoms with Gasteiger partial charge in [-0.1, -0.05) is 0 Å². The van der Waals surface area contributed by atoms with Crippen LogP contribution in [0.3, 0.4) is 0 Å². The number of esters is 1. The maximum atomic E-state index is 13.1. The van der Waals surface area contributed by atoms with Crippen molar-refractivity contribution < 1.29 is 27.4 Å². The molecular formula is C21H28N2O6S. The van der Waals surface area contributed by atoms with Crippen molar-refractivity contribution in [2.75, 3.05) is 26.9 Å². The second-order valence-electron chi connectivity index (χ2n) is 7.92. The Morgan fingerprint density at radius 3 is 2.63 bits per heavy atom. The van der Waals surface area contributed by atoms with E-state index >= 15 is 0 Å². The highest BCUT2D eigenvalue weighted by Gasteiger charge is 2.40. The van der Waals surface area contributed by atoms with Crippen LogP contribution in [0, 0.1) is 5.92 Å². The van der Waals surface area contributed by atoms with Crippen LogP contribution in [0.1, 0.15) is 45.1 Å². The Morgan fingerprint density at radius 2 is 2.00 bits per heavy atom. The molecule has 30 heavy (non-hydrogen) atoms. The molecule has 1 saturated heterocycles. The van der Waals surface area contributed by atoms with E-state index in [-0.39, 0.29) is 22.7 Å². The molecule has 2 heterocycles. The molecule has 8 nitrogen and oxygen atoms in total. The van der Waals surface area contributed by atoms with Crippen molar-refractivity contribution in [2.45, 2.75) is 55.2 Å². The molecule has 164 valence electrons. The standard InChI is InChI=1S/C21H28N2O6S/c1-3-29-21(24)18(12-14-8-10-28-11-9-14)23-17-6-7-19(27-2)20(16(17)13-22-23)30(25,26)15-4-5-15/h6-7,13-15,18H,3-5,8-12H2,1-2H3. The van der Waals surface area contributed by atoms with Crippen molar-refractivity contribution >= 4 is 26.7 Å². The third-order valence-electron chi connectivity index (χ3n) is 5.91. The van der Waals surface area contributed by atoms with Gasteiger partial charge in [-0.15, -0.1) is 0 Å². The number of carbonyl (C=O) groups excluding carboxylic acids is 1. The Labute approximate surface area is 176 Å². The van der Waals surface area contributed by atoms with E-state index in [0.29, 0.717) is 55.0 Å². The summed E-state index contributed by atoms with van der Waals surface area (Å²) < 4.78 is 44.0. The molecule has 9 heteroatoms. The monoisotopic (exact) mass is 436 g/mol. The summed E-state index contributed by atoms with van der Waals surface area (Å²) in [5, 5.41) is 4.58. The Bertz CT molecular complexity index is 1020. The van der Waals surface area contributed by atoms with Crippen LogP contribution in [0.25, 0.3) is 10.9 Å². The quantitative estimate of drug-likeness (QED) is 0.587. The van der Waals surface area contributed by atoms with Crippen molar-refractivity contribution in [3.8, 4) is 5.75 Å². The molecule has 1 saturated carbocycles. The molecular weight excluding hydrogens is 408 g/mol. The first-order chi connectivity index (χ1) is 14.5. The summed E-state index contributed by atoms with van der Waals surface area (Å²) in [6.07, 6.45) is 5.18. The smallest absolute Gasteiger partial charge is 0.330 e. The van der Waals surface area contributed by atoms with Crippen molar-refractivity contribution in [1.82, 2.24) is 9.78 Å². The summed E-state index contributed by atoms with van der Waals surface area (Å²) in [5.74, 6) is 0.280. The summed E-state index contributed by atoms with van der Waals surface area (Å²) in [4.78, 5) is 13.0. The molecule has 1 aliphatic carbocycles. The largest absolute Gasteiger partial charge is 0.495 e. The third-order valence-corrected chi connectivity index (χ3v) is 8.25. The first-order valence-electron chi connectivity index (χ1n) is 10.5. The molecule has 1 aromatic heterocycles. The van der Waals surface area contributed by atoms with Gasteiger partial charge in [0.15, 0.2) is 9.84 Å². The fourth-order valence-corrected chi connectivity index (χ4v) is 6.14. The fourth-order valence-electron chi connectivity index (χ4n) is 4.16. The van der Waals surface area contributed by atoms with Crippen LogP contribution in [0.2, 0.25) is 0 Å². The van der Waals surface area contributed by atoms with Crippen LogP contribution in [-0.4, -0.2) is 56.3 Å². The maximum absolute atomic E-state index is 13.1. The van der Waals surface area contributed by atoms with Gasteiger partial charge in [-0.2, -0.15) is 5.10 Å². The van der Waals surface area contributed by atoms with Crippen LogP contribution in [0.4, 0.5) is 0 Å². The molecule has 1 atom stereocenters. The Balaban J connectivity index is 1.78. The zero-order valence-electron chi connectivity index (χ0n) is 17.4. The van der Waals surface area contributed by atoms with Crippen molar-refractivity contribution in [3.63, 3.8) is 0 Å². The molecule has 2 aromatic rings. The topological polar surface area (TPSA) is 96.7 Å². The van der Waals surface area contributed by atoms with E-state index in [1.807, 2.05) is 0 Å². The number of methoxy groups -OCH3 is 1. The molecule has 4 rings (SSSR count). The van der Waals surface area contributed by atoms with Gasteiger partial charge in [0.25, 0.3) is 0 Å². The Kier molecular flexibility index (Phi) is 6.02. The lowest BCUT2D eigenvalue weighted by molar-refractivity contribution is -0.148. The second kappa shape index (κ2) is 8.55. The van der Waals surface area contributed by atoms with E-state index in [0.717, 1.165) is 12.8 Å². The molecule has 0 amide bonds. The van der Waals surface area contributed by atoms with Crippen molar-refractivity contribution in [3.05, 3.63) is 18.3 Å². The number of aromatic nitrogens is 2. The predicted molar refractivity (Wildman–Crippen MR) is 110 cm³/mol. The first kappa shape index (κ1) is 21.1.